The third kappa shape index (κ3) is 17.8. The fourth-order valence-electron chi connectivity index (χ4n) is 3.41. The average Bonchev–Trinajstić information content (AvgIpc) is 2.72. The van der Waals surface area contributed by atoms with Crippen LogP contribution in [-0.2, 0) is 24.6 Å². The summed E-state index contributed by atoms with van der Waals surface area (Å²) in [5, 5.41) is 18.2. The van der Waals surface area contributed by atoms with Gasteiger partial charge in [0.2, 0.25) is 0 Å². The molecule has 0 radical (unpaired) electrons. The maximum atomic E-state index is 8.48. The van der Waals surface area contributed by atoms with Crippen LogP contribution in [0.25, 0.3) is 21.3 Å². The van der Waals surface area contributed by atoms with E-state index in [9.17, 15) is 0 Å². The van der Waals surface area contributed by atoms with E-state index in [1.54, 1.807) is 0 Å². The first-order chi connectivity index (χ1) is 13.7. The van der Waals surface area contributed by atoms with Crippen LogP contribution in [0.1, 0.15) is 27.2 Å². The zero-order valence-corrected chi connectivity index (χ0v) is 22.0. The molecular weight excluding hydrogens is 522 g/mol. The van der Waals surface area contributed by atoms with Crippen molar-refractivity contribution >= 4 is 0 Å². The molecule has 1 saturated heterocycles. The van der Waals surface area contributed by atoms with Crippen molar-refractivity contribution in [2.75, 3.05) is 98.2 Å². The predicted molar refractivity (Wildman–Crippen MR) is 112 cm³/mol. The zero-order chi connectivity index (χ0) is 20.9. The molecule has 10 heteroatoms. The molecule has 1 heterocycles. The van der Waals surface area contributed by atoms with E-state index in [4.69, 9.17) is 7.01 Å². The fraction of sp³-hybridized carbons (Fsp3) is 1.00. The maximum absolute atomic E-state index is 8.48. The van der Waals surface area contributed by atoms with Crippen LogP contribution in [0.2, 0.25) is 0 Å². The summed E-state index contributed by atoms with van der Waals surface area (Å²) in [4.78, 5) is 2.55. The van der Waals surface area contributed by atoms with Crippen LogP contribution in [0.3, 0.4) is 0 Å². The summed E-state index contributed by atoms with van der Waals surface area (Å²) >= 11 is -1.91. The quantitative estimate of drug-likeness (QED) is 0.403. The second-order valence-corrected chi connectivity index (χ2v) is 7.27. The summed E-state index contributed by atoms with van der Waals surface area (Å²) in [7, 11) is 0. The molecule has 0 aliphatic carbocycles. The van der Waals surface area contributed by atoms with Gasteiger partial charge in [0, 0.05) is 13.0 Å². The molecule has 1 aliphatic rings. The first-order valence-corrected chi connectivity index (χ1v) is 12.2. The topological polar surface area (TPSA) is 93.8 Å². The molecule has 0 amide bonds. The number of hydrogen-bond donors (Lipinski definition) is 0. The molecule has 0 atom stereocenters. The van der Waals surface area contributed by atoms with Crippen LogP contribution in [0.15, 0.2) is 0 Å². The van der Waals surface area contributed by atoms with Gasteiger partial charge in [-0.05, 0) is 33.9 Å². The van der Waals surface area contributed by atoms with E-state index in [1.165, 1.54) is 43.6 Å². The van der Waals surface area contributed by atoms with Crippen molar-refractivity contribution in [2.45, 2.75) is 27.2 Å². The zero-order valence-electron chi connectivity index (χ0n) is 18.6. The Bertz CT molecular complexity index is 361. The Morgan fingerprint density at radius 1 is 0.724 bits per heavy atom. The number of nitrogens with zero attached hydrogens (tertiary/aromatic N) is 6. The predicted octanol–water partition coefficient (Wildman–Crippen LogP) is -0.173. The van der Waals surface area contributed by atoms with Gasteiger partial charge in [-0.3, -0.25) is 0 Å². The minimum atomic E-state index is -1.91. The van der Waals surface area contributed by atoms with Crippen LogP contribution >= 0.6 is 0 Å². The summed E-state index contributed by atoms with van der Waals surface area (Å²) < 4.78 is 18.2. The van der Waals surface area contributed by atoms with Gasteiger partial charge in [-0.25, -0.2) is 0 Å². The van der Waals surface area contributed by atoms with Gasteiger partial charge in [0.05, 0.1) is 26.2 Å². The van der Waals surface area contributed by atoms with Crippen LogP contribution in [-0.4, -0.2) is 108 Å². The summed E-state index contributed by atoms with van der Waals surface area (Å²) in [6, 6.07) is 0. The normalized spacial score (nSPS) is 18.3. The van der Waals surface area contributed by atoms with E-state index in [1.807, 2.05) is 0 Å². The van der Waals surface area contributed by atoms with Gasteiger partial charge in [0.25, 0.3) is 0 Å². The Morgan fingerprint density at radius 2 is 1.07 bits per heavy atom. The van der Waals surface area contributed by atoms with Crippen molar-refractivity contribution in [2.24, 2.45) is 0 Å². The first-order valence-electron chi connectivity index (χ1n) is 10.7. The first kappa shape index (κ1) is 31.7. The molecule has 8 nitrogen and oxygen atoms in total. The van der Waals surface area contributed by atoms with Crippen LogP contribution in [0.4, 0.5) is 0 Å². The molecule has 1 aliphatic heterocycles. The molecule has 0 aromatic carbocycles. The minimum absolute atomic E-state index is 0. The Balaban J connectivity index is 0. The van der Waals surface area contributed by atoms with Crippen molar-refractivity contribution in [3.05, 3.63) is 21.3 Å². The third-order valence-electron chi connectivity index (χ3n) is 5.52. The van der Waals surface area contributed by atoms with E-state index >= 15 is 0 Å². The SMILES string of the molecule is CC[N+](CC)(CC)CCCN1CC[N-]CC[N-]CC[N-]CC[N-]CC1.[Br-].[O]=[Tc]=[O]. The van der Waals surface area contributed by atoms with Crippen molar-refractivity contribution in [3.8, 4) is 0 Å². The van der Waals surface area contributed by atoms with Gasteiger partial charge in [-0.15, -0.1) is 13.1 Å². The van der Waals surface area contributed by atoms with Gasteiger partial charge >= 0.3 is 24.6 Å². The fourth-order valence-corrected chi connectivity index (χ4v) is 3.41. The Kier molecular flexibility index (Phi) is 25.3. The molecule has 0 unspecified atom stereocenters. The van der Waals surface area contributed by atoms with Gasteiger partial charge in [0.1, 0.15) is 0 Å². The van der Waals surface area contributed by atoms with Crippen LogP contribution in [0, 0.1) is 0 Å². The van der Waals surface area contributed by atoms with Crippen molar-refractivity contribution in [3.63, 3.8) is 0 Å². The monoisotopic (exact) mass is 561 g/mol. The number of halogens is 1. The van der Waals surface area contributed by atoms with E-state index in [-0.39, 0.29) is 17.0 Å². The van der Waals surface area contributed by atoms with E-state index < -0.39 is 17.6 Å². The average molecular weight is 563 g/mol. The second kappa shape index (κ2) is 23.2. The molecule has 0 bridgehead atoms. The molecule has 1 fully saturated rings. The summed E-state index contributed by atoms with van der Waals surface area (Å²) in [5.74, 6) is 0. The molecule has 29 heavy (non-hydrogen) atoms. The van der Waals surface area contributed by atoms with E-state index in [2.05, 4.69) is 46.9 Å². The van der Waals surface area contributed by atoms with Crippen molar-refractivity contribution < 1.29 is 46.1 Å². The Hall–Kier alpha value is 0.489. The van der Waals surface area contributed by atoms with Gasteiger partial charge < -0.3 is 47.6 Å². The molecule has 177 valence electrons. The molecule has 0 N–H and O–H groups in total. The van der Waals surface area contributed by atoms with Gasteiger partial charge in [0.15, 0.2) is 0 Å². The van der Waals surface area contributed by atoms with Crippen molar-refractivity contribution in [1.29, 1.82) is 0 Å². The second-order valence-electron chi connectivity index (χ2n) is 6.96. The Labute approximate surface area is 197 Å². The molecule has 0 aromatic heterocycles. The van der Waals surface area contributed by atoms with E-state index in [0.29, 0.717) is 0 Å². The van der Waals surface area contributed by atoms with Gasteiger partial charge in [-0.2, -0.15) is 39.3 Å². The van der Waals surface area contributed by atoms with Crippen LogP contribution in [0.5, 0.6) is 0 Å². The molecule has 0 saturated carbocycles. The van der Waals surface area contributed by atoms with Crippen molar-refractivity contribution in [1.82, 2.24) is 4.90 Å². The Morgan fingerprint density at radius 3 is 1.41 bits per heavy atom. The van der Waals surface area contributed by atoms with E-state index in [0.717, 1.165) is 65.4 Å². The molecule has 1 rings (SSSR count). The van der Waals surface area contributed by atoms with Gasteiger partial charge in [-0.1, -0.05) is 0 Å². The standard InChI is InChI=1S/C19H41N6.BrH.2O.Tc/c1-4-25(5-2,6-3)19-7-16-24-17-14-22-12-10-20-8-9-21-11-13-23-15-18-24;;;;/h4-19H2,1-3H3;1H;;;/q-3;;;;/p-1. The van der Waals surface area contributed by atoms with Crippen LogP contribution < -0.4 is 17.0 Å². The number of hydrogen-bond acceptors (Lipinski definition) is 3. The summed E-state index contributed by atoms with van der Waals surface area (Å²) in [6.45, 7) is 22.2. The summed E-state index contributed by atoms with van der Waals surface area (Å²) in [5.41, 5.74) is 0. The number of rotatable bonds is 7. The summed E-state index contributed by atoms with van der Waals surface area (Å²) in [6.07, 6.45) is 1.26. The number of quaternary nitrogens is 1. The molecular formula is C19H41BrN6O2Tc-4. The molecule has 0 aromatic rings. The third-order valence-corrected chi connectivity index (χ3v) is 5.52. The molecule has 0 spiro atoms.